The van der Waals surface area contributed by atoms with Crippen LogP contribution in [-0.2, 0) is 26.2 Å². The number of nitrogens with one attached hydrogen (secondary N) is 2. The van der Waals surface area contributed by atoms with E-state index >= 15 is 0 Å². The Kier molecular flexibility index (Phi) is 4.62. The maximum Gasteiger partial charge on any atom is 0.251 e. The Morgan fingerprint density at radius 3 is 2.72 bits per heavy atom. The molecule has 7 rings (SSSR count). The first-order chi connectivity index (χ1) is 17.6. The number of hydrogen-bond donors (Lipinski definition) is 2. The Balaban J connectivity index is 1.19. The molecule has 36 heavy (non-hydrogen) atoms. The molecule has 0 saturated carbocycles. The van der Waals surface area contributed by atoms with Crippen LogP contribution >= 0.6 is 0 Å². The molecule has 6 nitrogen and oxygen atoms in total. The van der Waals surface area contributed by atoms with Gasteiger partial charge in [-0.2, -0.15) is 5.10 Å². The van der Waals surface area contributed by atoms with E-state index in [9.17, 15) is 9.18 Å². The molecule has 1 aliphatic rings. The van der Waals surface area contributed by atoms with Gasteiger partial charge in [-0.25, -0.2) is 4.39 Å². The lowest BCUT2D eigenvalue weighted by Crippen LogP contribution is -2.24. The summed E-state index contributed by atoms with van der Waals surface area (Å²) in [7, 11) is 0. The van der Waals surface area contributed by atoms with Crippen LogP contribution < -0.4 is 10.6 Å². The van der Waals surface area contributed by atoms with Gasteiger partial charge in [0.15, 0.2) is 0 Å². The van der Waals surface area contributed by atoms with Gasteiger partial charge in [0, 0.05) is 64.7 Å². The van der Waals surface area contributed by atoms with E-state index in [2.05, 4.69) is 33.9 Å². The molecule has 2 N–H and O–H groups in total. The van der Waals surface area contributed by atoms with E-state index in [4.69, 9.17) is 4.42 Å². The van der Waals surface area contributed by atoms with Crippen LogP contribution in [0.1, 0.15) is 38.2 Å². The van der Waals surface area contributed by atoms with Crippen molar-refractivity contribution < 1.29 is 13.6 Å². The van der Waals surface area contributed by atoms with Crippen molar-refractivity contribution in [3.05, 3.63) is 100 Å². The van der Waals surface area contributed by atoms with Crippen molar-refractivity contribution in [2.24, 2.45) is 0 Å². The Labute approximate surface area is 206 Å². The smallest absolute Gasteiger partial charge is 0.251 e. The second-order valence-electron chi connectivity index (χ2n) is 9.49. The second kappa shape index (κ2) is 7.90. The predicted octanol–water partition coefficient (Wildman–Crippen LogP) is 5.40. The predicted molar refractivity (Wildman–Crippen MR) is 137 cm³/mol. The largest absolute Gasteiger partial charge is 0.455 e. The molecule has 2 bridgehead atoms. The molecule has 0 atom stereocenters. The van der Waals surface area contributed by atoms with E-state index in [1.54, 1.807) is 18.3 Å². The number of nitrogens with zero attached hydrogens (tertiary/aromatic N) is 2. The first-order valence-electron chi connectivity index (χ1n) is 12.0. The van der Waals surface area contributed by atoms with Gasteiger partial charge >= 0.3 is 0 Å². The third-order valence-electron chi connectivity index (χ3n) is 7.38. The summed E-state index contributed by atoms with van der Waals surface area (Å²) < 4.78 is 22.8. The van der Waals surface area contributed by atoms with Gasteiger partial charge in [0.25, 0.3) is 5.91 Å². The van der Waals surface area contributed by atoms with E-state index in [-0.39, 0.29) is 18.3 Å². The van der Waals surface area contributed by atoms with Gasteiger partial charge < -0.3 is 15.1 Å². The Morgan fingerprint density at radius 1 is 1.08 bits per heavy atom. The highest BCUT2D eigenvalue weighted by Crippen LogP contribution is 2.41. The molecule has 0 unspecified atom stereocenters. The second-order valence-corrected chi connectivity index (χ2v) is 9.49. The minimum Gasteiger partial charge on any atom is -0.455 e. The van der Waals surface area contributed by atoms with E-state index in [0.29, 0.717) is 24.2 Å². The highest BCUT2D eigenvalue weighted by Gasteiger charge is 2.21. The number of carbonyl (C=O) groups excluding carboxylic acids is 1. The summed E-state index contributed by atoms with van der Waals surface area (Å²) in [5.74, 6) is -0.513. The van der Waals surface area contributed by atoms with Crippen LogP contribution in [0, 0.1) is 12.7 Å². The lowest BCUT2D eigenvalue weighted by Gasteiger charge is -2.13. The first kappa shape index (κ1) is 21.1. The number of aromatic nitrogens is 2. The third-order valence-corrected chi connectivity index (χ3v) is 7.38. The molecule has 0 spiro atoms. The van der Waals surface area contributed by atoms with Crippen LogP contribution in [-0.4, -0.2) is 15.7 Å². The number of carbonyl (C=O) groups is 1. The number of fused-ring (bicyclic) bond motifs is 9. The van der Waals surface area contributed by atoms with Crippen molar-refractivity contribution in [2.75, 3.05) is 0 Å². The first-order valence-corrected chi connectivity index (χ1v) is 12.0. The van der Waals surface area contributed by atoms with Crippen LogP contribution in [0.15, 0.2) is 65.3 Å². The summed E-state index contributed by atoms with van der Waals surface area (Å²) >= 11 is 0. The normalized spacial score (nSPS) is 13.3. The molecule has 3 aromatic heterocycles. The van der Waals surface area contributed by atoms with Crippen molar-refractivity contribution in [1.82, 2.24) is 20.4 Å². The average molecular weight is 479 g/mol. The summed E-state index contributed by atoms with van der Waals surface area (Å²) in [5.41, 5.74) is 6.83. The fourth-order valence-corrected chi connectivity index (χ4v) is 5.48. The van der Waals surface area contributed by atoms with Crippen molar-refractivity contribution >= 4 is 38.6 Å². The fraction of sp³-hybridized carbons (Fsp3) is 0.172. The lowest BCUT2D eigenvalue weighted by atomic mass is 9.98. The van der Waals surface area contributed by atoms with Gasteiger partial charge in [0.2, 0.25) is 0 Å². The molecule has 4 heterocycles. The van der Waals surface area contributed by atoms with Gasteiger partial charge in [-0.1, -0.05) is 12.1 Å². The standard InChI is InChI=1S/C29H23FN4O2/c1-16-24-13-31-12-19(24)11-26(30)25(16)14-32-29(35)18-4-6-21-23(10-18)28-22-9-17(15-34-8-2-7-33-34)3-5-20(22)27(21)36-28/h2-11,31H,12-15H2,1H3,(H,32,35). The molecule has 1 amide bonds. The van der Waals surface area contributed by atoms with Gasteiger partial charge in [-0.05, 0) is 65.6 Å². The molecule has 178 valence electrons. The zero-order valence-corrected chi connectivity index (χ0v) is 19.7. The van der Waals surface area contributed by atoms with Crippen molar-refractivity contribution in [3.63, 3.8) is 0 Å². The van der Waals surface area contributed by atoms with Gasteiger partial charge in [-0.3, -0.25) is 9.48 Å². The molecule has 0 radical (unpaired) electrons. The van der Waals surface area contributed by atoms with E-state index in [0.717, 1.165) is 61.5 Å². The Hall–Kier alpha value is -4.23. The molecule has 3 aromatic carbocycles. The van der Waals surface area contributed by atoms with E-state index < -0.39 is 0 Å². The zero-order chi connectivity index (χ0) is 24.4. The summed E-state index contributed by atoms with van der Waals surface area (Å²) in [6, 6.07) is 15.4. The third kappa shape index (κ3) is 3.20. The molecule has 6 aromatic rings. The number of benzene rings is 4. The van der Waals surface area contributed by atoms with Crippen molar-refractivity contribution in [2.45, 2.75) is 33.1 Å². The number of furan rings is 2. The minimum atomic E-state index is -0.274. The number of rotatable bonds is 5. The quantitative estimate of drug-likeness (QED) is 0.326. The van der Waals surface area contributed by atoms with Crippen molar-refractivity contribution in [3.8, 4) is 0 Å². The molecule has 0 saturated heterocycles. The molecule has 0 aliphatic carbocycles. The van der Waals surface area contributed by atoms with Crippen LogP contribution in [0.2, 0.25) is 0 Å². The van der Waals surface area contributed by atoms with Crippen LogP contribution in [0.5, 0.6) is 0 Å². The van der Waals surface area contributed by atoms with Crippen molar-refractivity contribution in [1.29, 1.82) is 0 Å². The Morgan fingerprint density at radius 2 is 1.89 bits per heavy atom. The highest BCUT2D eigenvalue weighted by molar-refractivity contribution is 6.25. The highest BCUT2D eigenvalue weighted by atomic mass is 19.1. The monoisotopic (exact) mass is 478 g/mol. The molecule has 0 fully saturated rings. The summed E-state index contributed by atoms with van der Waals surface area (Å²) in [5, 5.41) is 14.5. The van der Waals surface area contributed by atoms with E-state index in [1.165, 1.54) is 0 Å². The summed E-state index contributed by atoms with van der Waals surface area (Å²) in [6.07, 6.45) is 3.70. The van der Waals surface area contributed by atoms with Gasteiger partial charge in [-0.15, -0.1) is 0 Å². The number of hydrogen-bond acceptors (Lipinski definition) is 4. The van der Waals surface area contributed by atoms with E-state index in [1.807, 2.05) is 36.0 Å². The number of halogens is 1. The van der Waals surface area contributed by atoms with Gasteiger partial charge in [0.05, 0.1) is 6.54 Å². The lowest BCUT2D eigenvalue weighted by molar-refractivity contribution is 0.0950. The molecular weight excluding hydrogens is 455 g/mol. The molecule has 7 heteroatoms. The SMILES string of the molecule is Cc1c(CNC(=O)c2ccc3c(c2)c2oc3c3ccc(Cn4cccn4)cc32)c(F)cc2c1CNC2. The molecular formula is C29H23FN4O2. The van der Waals surface area contributed by atoms with Crippen LogP contribution in [0.4, 0.5) is 4.39 Å². The molecule has 1 aliphatic heterocycles. The zero-order valence-electron chi connectivity index (χ0n) is 19.7. The fourth-order valence-electron chi connectivity index (χ4n) is 5.48. The Bertz CT molecular complexity index is 1790. The average Bonchev–Trinajstić information content (AvgIpc) is 3.68. The maximum absolute atomic E-state index is 14.7. The van der Waals surface area contributed by atoms with Crippen LogP contribution in [0.25, 0.3) is 32.7 Å². The van der Waals surface area contributed by atoms with Crippen LogP contribution in [0.3, 0.4) is 0 Å². The minimum absolute atomic E-state index is 0.144. The van der Waals surface area contributed by atoms with Gasteiger partial charge in [0.1, 0.15) is 17.0 Å². The summed E-state index contributed by atoms with van der Waals surface area (Å²) in [6.45, 7) is 4.15. The number of amides is 1. The summed E-state index contributed by atoms with van der Waals surface area (Å²) in [4.78, 5) is 13.0. The maximum atomic E-state index is 14.7. The topological polar surface area (TPSA) is 72.1 Å².